The van der Waals surface area contributed by atoms with E-state index in [1.807, 2.05) is 0 Å². The number of benzene rings is 2. The lowest BCUT2D eigenvalue weighted by molar-refractivity contribution is -0.140. The average Bonchev–Trinajstić information content (AvgIpc) is 2.81. The van der Waals surface area contributed by atoms with Gasteiger partial charge in [0, 0.05) is 18.7 Å². The van der Waals surface area contributed by atoms with Crippen LogP contribution in [-0.2, 0) is 27.3 Å². The number of ether oxygens (including phenoxy) is 2. The predicted octanol–water partition coefficient (Wildman–Crippen LogP) is 1.24. The van der Waals surface area contributed by atoms with E-state index >= 15 is 0 Å². The molecule has 10 nitrogen and oxygen atoms in total. The number of hydrogen-bond acceptors (Lipinski definition) is 7. The number of fused-ring (bicyclic) bond motifs is 1. The number of carbonyl (C=O) groups is 3. The molecule has 2 aromatic rings. The van der Waals surface area contributed by atoms with Crippen molar-refractivity contribution in [3.63, 3.8) is 0 Å². The zero-order chi connectivity index (χ0) is 23.3. The number of anilines is 1. The first-order chi connectivity index (χ1) is 15.3. The molecule has 1 aliphatic rings. The molecule has 0 aliphatic carbocycles. The standard InChI is InChI=1S/C22H26N4O6.ClH/c1-13(23)22(29)26-11-15-9-18(32-12-20(27)25-30)6-3-14(15)10-19(26)21(28)24-16-4-7-17(31-2)8-5-16;/h3-9,13,19,30H,10-12,23H2,1-2H3,(H,24,28)(H,25,27);1H/t13-,19-;/m0./s1. The summed E-state index contributed by atoms with van der Waals surface area (Å²) in [5, 5.41) is 11.4. The first kappa shape index (κ1) is 25.9. The van der Waals surface area contributed by atoms with Crippen LogP contribution in [-0.4, -0.2) is 53.6 Å². The first-order valence-corrected chi connectivity index (χ1v) is 10.0. The maximum absolute atomic E-state index is 13.1. The van der Waals surface area contributed by atoms with E-state index in [0.29, 0.717) is 23.6 Å². The number of carbonyl (C=O) groups excluding carboxylic acids is 3. The van der Waals surface area contributed by atoms with E-state index in [1.165, 1.54) is 10.4 Å². The molecule has 0 radical (unpaired) electrons. The molecule has 5 N–H and O–H groups in total. The van der Waals surface area contributed by atoms with Crippen LogP contribution >= 0.6 is 12.4 Å². The molecule has 0 saturated carbocycles. The smallest absolute Gasteiger partial charge is 0.281 e. The third kappa shape index (κ3) is 6.35. The molecular weight excluding hydrogens is 452 g/mol. The minimum absolute atomic E-state index is 0. The fraction of sp³-hybridized carbons (Fsp3) is 0.318. The first-order valence-electron chi connectivity index (χ1n) is 10.0. The highest BCUT2D eigenvalue weighted by Gasteiger charge is 2.36. The molecule has 3 amide bonds. The molecule has 11 heteroatoms. The van der Waals surface area contributed by atoms with Gasteiger partial charge in [-0.15, -0.1) is 12.4 Å². The Bertz CT molecular complexity index is 999. The van der Waals surface area contributed by atoms with Gasteiger partial charge in [0.25, 0.3) is 5.91 Å². The average molecular weight is 479 g/mol. The maximum atomic E-state index is 13.1. The van der Waals surface area contributed by atoms with Crippen molar-refractivity contribution in [2.75, 3.05) is 19.0 Å². The van der Waals surface area contributed by atoms with Gasteiger partial charge in [0.1, 0.15) is 17.5 Å². The summed E-state index contributed by atoms with van der Waals surface area (Å²) in [4.78, 5) is 38.5. The summed E-state index contributed by atoms with van der Waals surface area (Å²) in [5.74, 6) is -0.294. The van der Waals surface area contributed by atoms with E-state index in [1.54, 1.807) is 56.5 Å². The Morgan fingerprint density at radius 3 is 2.42 bits per heavy atom. The van der Waals surface area contributed by atoms with Gasteiger partial charge >= 0.3 is 0 Å². The maximum Gasteiger partial charge on any atom is 0.281 e. The van der Waals surface area contributed by atoms with Crippen molar-refractivity contribution >= 4 is 35.8 Å². The SMILES string of the molecule is COc1ccc(NC(=O)[C@@H]2Cc3ccc(OCC(=O)NO)cc3CN2C(=O)[C@H](C)N)cc1.Cl. The Kier molecular flexibility index (Phi) is 9.03. The molecule has 0 spiro atoms. The van der Waals surface area contributed by atoms with Gasteiger partial charge in [-0.25, -0.2) is 5.48 Å². The van der Waals surface area contributed by atoms with Crippen molar-refractivity contribution in [3.05, 3.63) is 53.6 Å². The summed E-state index contributed by atoms with van der Waals surface area (Å²) in [6.07, 6.45) is 0.299. The van der Waals surface area contributed by atoms with Crippen molar-refractivity contribution in [2.24, 2.45) is 5.73 Å². The third-order valence-corrected chi connectivity index (χ3v) is 5.14. The number of methoxy groups -OCH3 is 1. The Morgan fingerprint density at radius 1 is 1.15 bits per heavy atom. The molecular formula is C22H27ClN4O6. The summed E-state index contributed by atoms with van der Waals surface area (Å²) in [7, 11) is 1.56. The number of halogens is 1. The van der Waals surface area contributed by atoms with Crippen LogP contribution in [0.3, 0.4) is 0 Å². The Balaban J connectivity index is 0.00000385. The van der Waals surface area contributed by atoms with Crippen molar-refractivity contribution in [3.8, 4) is 11.5 Å². The monoisotopic (exact) mass is 478 g/mol. The quantitative estimate of drug-likeness (QED) is 0.346. The number of rotatable bonds is 7. The van der Waals surface area contributed by atoms with Crippen LogP contribution < -0.4 is 26.0 Å². The number of nitrogens with zero attached hydrogens (tertiary/aromatic N) is 1. The van der Waals surface area contributed by atoms with Crippen molar-refractivity contribution < 1.29 is 29.1 Å². The number of hydroxylamine groups is 1. The van der Waals surface area contributed by atoms with Gasteiger partial charge in [-0.2, -0.15) is 0 Å². The molecule has 2 aromatic carbocycles. The van der Waals surface area contributed by atoms with Gasteiger partial charge in [-0.3, -0.25) is 19.6 Å². The second-order valence-electron chi connectivity index (χ2n) is 7.45. The fourth-order valence-electron chi connectivity index (χ4n) is 3.46. The summed E-state index contributed by atoms with van der Waals surface area (Å²) >= 11 is 0. The largest absolute Gasteiger partial charge is 0.497 e. The Morgan fingerprint density at radius 2 is 1.82 bits per heavy atom. The van der Waals surface area contributed by atoms with E-state index in [0.717, 1.165) is 11.1 Å². The van der Waals surface area contributed by atoms with Crippen LogP contribution in [0.15, 0.2) is 42.5 Å². The van der Waals surface area contributed by atoms with E-state index in [2.05, 4.69) is 5.32 Å². The molecule has 0 saturated heterocycles. The molecule has 0 bridgehead atoms. The second-order valence-corrected chi connectivity index (χ2v) is 7.45. The molecule has 0 fully saturated rings. The summed E-state index contributed by atoms with van der Waals surface area (Å²) in [5.41, 5.74) is 9.58. The highest BCUT2D eigenvalue weighted by atomic mass is 35.5. The van der Waals surface area contributed by atoms with Gasteiger partial charge < -0.3 is 25.4 Å². The summed E-state index contributed by atoms with van der Waals surface area (Å²) in [6, 6.07) is 10.6. The highest BCUT2D eigenvalue weighted by molar-refractivity contribution is 5.98. The van der Waals surface area contributed by atoms with Crippen LogP contribution in [0.1, 0.15) is 18.1 Å². The van der Waals surface area contributed by atoms with E-state index in [4.69, 9.17) is 20.4 Å². The lowest BCUT2D eigenvalue weighted by atomic mass is 9.92. The minimum Gasteiger partial charge on any atom is -0.497 e. The fourth-order valence-corrected chi connectivity index (χ4v) is 3.46. The minimum atomic E-state index is -0.777. The number of amides is 3. The highest BCUT2D eigenvalue weighted by Crippen LogP contribution is 2.28. The van der Waals surface area contributed by atoms with E-state index in [-0.39, 0.29) is 37.4 Å². The van der Waals surface area contributed by atoms with Crippen LogP contribution in [0.25, 0.3) is 0 Å². The summed E-state index contributed by atoms with van der Waals surface area (Å²) in [6.45, 7) is 1.38. The molecule has 0 aromatic heterocycles. The van der Waals surface area contributed by atoms with Crippen LogP contribution in [0.5, 0.6) is 11.5 Å². The van der Waals surface area contributed by atoms with Gasteiger partial charge in [-0.05, 0) is 54.4 Å². The van der Waals surface area contributed by atoms with Gasteiger partial charge in [0.15, 0.2) is 6.61 Å². The van der Waals surface area contributed by atoms with Gasteiger partial charge in [-0.1, -0.05) is 6.07 Å². The molecule has 33 heavy (non-hydrogen) atoms. The van der Waals surface area contributed by atoms with Crippen LogP contribution in [0, 0.1) is 0 Å². The summed E-state index contributed by atoms with van der Waals surface area (Å²) < 4.78 is 10.5. The molecule has 3 rings (SSSR count). The normalized spacial score (nSPS) is 15.4. The van der Waals surface area contributed by atoms with Crippen molar-refractivity contribution in [1.29, 1.82) is 0 Å². The Hall–Kier alpha value is -3.34. The van der Waals surface area contributed by atoms with Gasteiger partial charge in [0.2, 0.25) is 11.8 Å². The topological polar surface area (TPSA) is 143 Å². The second kappa shape index (κ2) is 11.5. The number of nitrogens with two attached hydrogens (primary N) is 1. The number of hydrogen-bond donors (Lipinski definition) is 4. The molecule has 1 aliphatic heterocycles. The third-order valence-electron chi connectivity index (χ3n) is 5.14. The zero-order valence-corrected chi connectivity index (χ0v) is 19.1. The van der Waals surface area contributed by atoms with E-state index in [9.17, 15) is 14.4 Å². The number of nitrogens with one attached hydrogen (secondary N) is 2. The van der Waals surface area contributed by atoms with E-state index < -0.39 is 18.0 Å². The predicted molar refractivity (Wildman–Crippen MR) is 122 cm³/mol. The van der Waals surface area contributed by atoms with Crippen LogP contribution in [0.2, 0.25) is 0 Å². The van der Waals surface area contributed by atoms with Crippen molar-refractivity contribution in [1.82, 2.24) is 10.4 Å². The van der Waals surface area contributed by atoms with Crippen molar-refractivity contribution in [2.45, 2.75) is 32.0 Å². The Labute approximate surface area is 197 Å². The lowest BCUT2D eigenvalue weighted by Gasteiger charge is -2.37. The molecule has 0 unspecified atom stereocenters. The lowest BCUT2D eigenvalue weighted by Crippen LogP contribution is -2.54. The van der Waals surface area contributed by atoms with Crippen LogP contribution in [0.4, 0.5) is 5.69 Å². The molecule has 2 atom stereocenters. The zero-order valence-electron chi connectivity index (χ0n) is 18.2. The van der Waals surface area contributed by atoms with Gasteiger partial charge in [0.05, 0.1) is 13.2 Å². The molecule has 1 heterocycles. The molecule has 178 valence electrons.